The van der Waals surface area contributed by atoms with Gasteiger partial charge in [-0.15, -0.1) is 0 Å². The lowest BCUT2D eigenvalue weighted by molar-refractivity contribution is -0.00778. The van der Waals surface area contributed by atoms with Crippen LogP contribution in [0.1, 0.15) is 379 Å². The van der Waals surface area contributed by atoms with Gasteiger partial charge in [-0.3, -0.25) is 0 Å². The maximum absolute atomic E-state index is 5.86. The Morgan fingerprint density at radius 3 is 0.909 bits per heavy atom. The van der Waals surface area contributed by atoms with E-state index in [1.807, 2.05) is 13.8 Å². The van der Waals surface area contributed by atoms with Gasteiger partial charge in [0, 0.05) is 13.2 Å². The molecule has 6 aliphatic rings. The van der Waals surface area contributed by atoms with E-state index >= 15 is 0 Å². The molecule has 2 aliphatic carbocycles. The fourth-order valence-electron chi connectivity index (χ4n) is 12.6. The quantitative estimate of drug-likeness (QED) is 0.0459. The van der Waals surface area contributed by atoms with E-state index in [0.29, 0.717) is 36.6 Å². The highest BCUT2D eigenvalue weighted by Crippen LogP contribution is 2.42. The van der Waals surface area contributed by atoms with Gasteiger partial charge in [-0.2, -0.15) is 0 Å². The van der Waals surface area contributed by atoms with Gasteiger partial charge < -0.3 is 18.9 Å². The molecule has 4 heteroatoms. The van der Waals surface area contributed by atoms with Gasteiger partial charge in [0.05, 0.1) is 36.6 Å². The molecule has 2 saturated carbocycles. The smallest absolute Gasteiger partial charge is 0.0844 e. The second-order valence-electron chi connectivity index (χ2n) is 27.4. The average Bonchev–Trinajstić information content (AvgIpc) is 4.38. The van der Waals surface area contributed by atoms with Crippen molar-refractivity contribution in [3.05, 3.63) is 0 Å². The molecule has 10 atom stereocenters. The fraction of sp³-hybridized carbons (Fsp3) is 1.00. The second kappa shape index (κ2) is 52.6. The van der Waals surface area contributed by atoms with Crippen molar-refractivity contribution in [1.29, 1.82) is 0 Å². The van der Waals surface area contributed by atoms with Crippen molar-refractivity contribution in [3.63, 3.8) is 0 Å². The number of rotatable bonds is 37. The molecule has 0 N–H and O–H groups in total. The van der Waals surface area contributed by atoms with Crippen molar-refractivity contribution in [2.24, 2.45) is 41.4 Å². The van der Waals surface area contributed by atoms with Crippen molar-refractivity contribution in [2.45, 2.75) is 416 Å². The third kappa shape index (κ3) is 46.0. The second-order valence-corrected chi connectivity index (χ2v) is 27.4. The maximum Gasteiger partial charge on any atom is 0.0844 e. The Labute approximate surface area is 486 Å². The Hall–Kier alpha value is -0.160. The summed E-state index contributed by atoms with van der Waals surface area (Å²) in [6, 6.07) is 0. The summed E-state index contributed by atoms with van der Waals surface area (Å²) in [7, 11) is 0. The minimum Gasteiger partial charge on any atom is -0.378 e. The summed E-state index contributed by atoms with van der Waals surface area (Å²) in [6.45, 7) is 30.7. The number of fused-ring (bicyclic) bond motifs is 2. The van der Waals surface area contributed by atoms with Gasteiger partial charge in [0.25, 0.3) is 0 Å². The van der Waals surface area contributed by atoms with Crippen LogP contribution in [0, 0.1) is 41.4 Å². The van der Waals surface area contributed by atoms with Crippen LogP contribution in [0.5, 0.6) is 0 Å². The molecule has 6 fully saturated rings. The fourth-order valence-corrected chi connectivity index (χ4v) is 12.6. The Morgan fingerprint density at radius 2 is 0.623 bits per heavy atom. The van der Waals surface area contributed by atoms with Crippen molar-refractivity contribution in [3.8, 4) is 0 Å². The molecule has 0 bridgehead atoms. The molecule has 4 saturated heterocycles. The van der Waals surface area contributed by atoms with E-state index in [2.05, 4.69) is 76.2 Å². The third-order valence-electron chi connectivity index (χ3n) is 18.2. The summed E-state index contributed by atoms with van der Waals surface area (Å²) >= 11 is 0. The van der Waals surface area contributed by atoms with Gasteiger partial charge in [0.2, 0.25) is 0 Å². The van der Waals surface area contributed by atoms with Crippen molar-refractivity contribution in [1.82, 2.24) is 0 Å². The zero-order chi connectivity index (χ0) is 56.6. The minimum atomic E-state index is 0.506. The van der Waals surface area contributed by atoms with Crippen molar-refractivity contribution in [2.75, 3.05) is 13.2 Å². The molecule has 0 aromatic carbocycles. The molecular weight excluding hydrogens is 941 g/mol. The highest BCUT2D eigenvalue weighted by molar-refractivity contribution is 4.92. The van der Waals surface area contributed by atoms with Crippen molar-refractivity contribution < 1.29 is 18.9 Å². The molecule has 10 unspecified atom stereocenters. The van der Waals surface area contributed by atoms with E-state index in [1.165, 1.54) is 289 Å². The van der Waals surface area contributed by atoms with Crippen LogP contribution in [0.4, 0.5) is 0 Å². The zero-order valence-electron chi connectivity index (χ0n) is 55.4. The SMILES string of the molecule is CC.CC(C)C.CC(C)CCCCCCCCCC(CCCCCCCCCC1CCC(C)OC1)CCCCCCCCCC1CCC(C)OC1.CCCC.CCCCC1CCC2OC2C1.CCCCC1CCC2OC2C1. The van der Waals surface area contributed by atoms with E-state index in [4.69, 9.17) is 18.9 Å². The van der Waals surface area contributed by atoms with Crippen LogP contribution in [0.15, 0.2) is 0 Å². The van der Waals surface area contributed by atoms with Crippen LogP contribution in [-0.2, 0) is 18.9 Å². The molecule has 77 heavy (non-hydrogen) atoms. The number of hydrogen-bond donors (Lipinski definition) is 0. The first-order valence-corrected chi connectivity index (χ1v) is 36.0. The highest BCUT2D eigenvalue weighted by Gasteiger charge is 2.44. The number of unbranched alkanes of at least 4 members (excludes halogenated alkanes) is 21. The van der Waals surface area contributed by atoms with Crippen LogP contribution in [-0.4, -0.2) is 49.8 Å². The standard InChI is InChI=1S/C43H84O2.2C10H18O.2C4H10.C2H6/c1-38(2)26-20-14-8-5-9-15-21-27-41(28-22-16-10-6-12-18-24-30-42-34-32-39(3)44-36-42)29-23-17-11-7-13-19-25-31-43-35-33-40(4)45-37-43;2*1-2-3-4-8-5-6-9-10(7-8)11-9;1-4(2)3;1-3-4-2;1-2/h38-43H,5-37H2,1-4H3;2*8-10H,2-7H2,1H3;4H,1-3H3;3-4H2,1-2H3;1-2H3. The molecule has 4 nitrogen and oxygen atoms in total. The number of ether oxygens (including phenoxy) is 4. The van der Waals surface area contributed by atoms with Gasteiger partial charge >= 0.3 is 0 Å². The summed E-state index contributed by atoms with van der Waals surface area (Å²) in [6.07, 6.45) is 68.0. The zero-order valence-corrected chi connectivity index (χ0v) is 55.4. The molecule has 4 heterocycles. The Kier molecular flexibility index (Phi) is 51.2. The van der Waals surface area contributed by atoms with Gasteiger partial charge in [-0.05, 0) is 132 Å². The first-order valence-electron chi connectivity index (χ1n) is 36.0. The van der Waals surface area contributed by atoms with E-state index in [9.17, 15) is 0 Å². The molecule has 6 rings (SSSR count). The molecule has 0 radical (unpaired) electrons. The summed E-state index contributed by atoms with van der Waals surface area (Å²) < 4.78 is 22.7. The van der Waals surface area contributed by atoms with Crippen LogP contribution in [0.25, 0.3) is 0 Å². The molecule has 0 aromatic heterocycles. The maximum atomic E-state index is 5.86. The lowest BCUT2D eigenvalue weighted by Gasteiger charge is -2.26. The Bertz CT molecular complexity index is 1090. The molecule has 462 valence electrons. The predicted molar refractivity (Wildman–Crippen MR) is 343 cm³/mol. The summed E-state index contributed by atoms with van der Waals surface area (Å²) in [4.78, 5) is 0. The summed E-state index contributed by atoms with van der Waals surface area (Å²) in [5.41, 5.74) is 0. The molecular formula is C73H146O4. The highest BCUT2D eigenvalue weighted by atomic mass is 16.6. The predicted octanol–water partition coefficient (Wildman–Crippen LogP) is 24.4. The lowest BCUT2D eigenvalue weighted by Crippen LogP contribution is -2.23. The lowest BCUT2D eigenvalue weighted by atomic mass is 9.86. The minimum absolute atomic E-state index is 0.506. The first-order chi connectivity index (χ1) is 37.5. The topological polar surface area (TPSA) is 43.5 Å². The van der Waals surface area contributed by atoms with E-state index in [-0.39, 0.29) is 0 Å². The van der Waals surface area contributed by atoms with Crippen LogP contribution < -0.4 is 0 Å². The van der Waals surface area contributed by atoms with Gasteiger partial charge in [-0.1, -0.05) is 288 Å². The van der Waals surface area contributed by atoms with Crippen LogP contribution in [0.2, 0.25) is 0 Å². The van der Waals surface area contributed by atoms with E-state index in [1.54, 1.807) is 0 Å². The molecule has 4 aliphatic heterocycles. The van der Waals surface area contributed by atoms with Gasteiger partial charge in [-0.25, -0.2) is 0 Å². The summed E-state index contributed by atoms with van der Waals surface area (Å²) in [5.74, 6) is 6.43. The van der Waals surface area contributed by atoms with Crippen LogP contribution in [0.3, 0.4) is 0 Å². The Morgan fingerprint density at radius 1 is 0.325 bits per heavy atom. The average molecular weight is 1090 g/mol. The van der Waals surface area contributed by atoms with E-state index < -0.39 is 0 Å². The van der Waals surface area contributed by atoms with Crippen molar-refractivity contribution >= 4 is 0 Å². The number of epoxide rings is 2. The summed E-state index contributed by atoms with van der Waals surface area (Å²) in [5, 5.41) is 0. The largest absolute Gasteiger partial charge is 0.378 e. The van der Waals surface area contributed by atoms with Gasteiger partial charge in [0.1, 0.15) is 0 Å². The first kappa shape index (κ1) is 74.9. The van der Waals surface area contributed by atoms with Crippen LogP contribution >= 0.6 is 0 Å². The van der Waals surface area contributed by atoms with Gasteiger partial charge in [0.15, 0.2) is 0 Å². The molecule has 0 amide bonds. The van der Waals surface area contributed by atoms with E-state index in [0.717, 1.165) is 54.6 Å². The Balaban J connectivity index is 0.000000730. The normalized spacial score (nSPS) is 26.4. The molecule has 0 aromatic rings. The number of hydrogen-bond acceptors (Lipinski definition) is 4. The molecule has 0 spiro atoms. The monoisotopic (exact) mass is 1090 g/mol. The third-order valence-corrected chi connectivity index (χ3v) is 18.2.